The van der Waals surface area contributed by atoms with Gasteiger partial charge in [-0.25, -0.2) is 15.0 Å². The Morgan fingerprint density at radius 1 is 0.932 bits per heavy atom. The molecule has 2 aromatic heterocycles. The Bertz CT molecular complexity index is 1590. The number of amides is 1. The van der Waals surface area contributed by atoms with Gasteiger partial charge in [0.25, 0.3) is 5.91 Å². The second-order valence-electron chi connectivity index (χ2n) is 11.3. The van der Waals surface area contributed by atoms with Crippen LogP contribution >= 0.6 is 11.6 Å². The van der Waals surface area contributed by atoms with Crippen LogP contribution < -0.4 is 15.0 Å². The molecule has 10 nitrogen and oxygen atoms in total. The summed E-state index contributed by atoms with van der Waals surface area (Å²) in [7, 11) is 0. The minimum absolute atomic E-state index is 0.0411. The third-order valence-electron chi connectivity index (χ3n) is 8.05. The predicted octanol–water partition coefficient (Wildman–Crippen LogP) is 5.54. The number of halogens is 1. The molecule has 0 bridgehead atoms. The fourth-order valence-corrected chi connectivity index (χ4v) is 5.90. The summed E-state index contributed by atoms with van der Waals surface area (Å²) in [6.07, 6.45) is 7.12. The first-order valence-corrected chi connectivity index (χ1v) is 15.5. The molecule has 2 aliphatic heterocycles. The molecule has 0 aliphatic carbocycles. The number of rotatable bonds is 9. The summed E-state index contributed by atoms with van der Waals surface area (Å²) in [5, 5.41) is 4.33. The Balaban J connectivity index is 1.03. The Kier molecular flexibility index (Phi) is 9.18. The molecule has 2 aliphatic rings. The number of aromatic nitrogens is 4. The van der Waals surface area contributed by atoms with Gasteiger partial charge in [-0.3, -0.25) is 14.7 Å². The number of piperazine rings is 1. The van der Waals surface area contributed by atoms with E-state index in [-0.39, 0.29) is 11.9 Å². The number of hydrogen-bond donors (Lipinski definition) is 1. The fraction of sp³-hybridized carbons (Fsp3) is 0.364. The highest BCUT2D eigenvalue weighted by Crippen LogP contribution is 2.35. The van der Waals surface area contributed by atoms with Crippen LogP contribution in [-0.4, -0.2) is 81.5 Å². The van der Waals surface area contributed by atoms with Gasteiger partial charge in [-0.2, -0.15) is 0 Å². The van der Waals surface area contributed by atoms with Crippen molar-refractivity contribution < 1.29 is 9.53 Å². The van der Waals surface area contributed by atoms with Gasteiger partial charge in [-0.1, -0.05) is 23.7 Å². The molecule has 44 heavy (non-hydrogen) atoms. The molecule has 4 aromatic rings. The van der Waals surface area contributed by atoms with E-state index < -0.39 is 0 Å². The number of nitrogens with zero attached hydrogens (tertiary/aromatic N) is 7. The SMILES string of the molecule is Cc1cnc(C(=O)N2CCN(CCCN3CCC(Nc4cccc(Oc5cccc(Cl)c5)c4)c4cnc(C)nc43)CC2)cn1. The number of hydrogen-bond acceptors (Lipinski definition) is 9. The zero-order valence-corrected chi connectivity index (χ0v) is 25.9. The van der Waals surface area contributed by atoms with Crippen molar-refractivity contribution in [3.63, 3.8) is 0 Å². The van der Waals surface area contributed by atoms with Crippen molar-refractivity contribution in [2.24, 2.45) is 0 Å². The van der Waals surface area contributed by atoms with Crippen LogP contribution in [0.2, 0.25) is 5.02 Å². The molecule has 0 radical (unpaired) electrons. The number of carbonyl (C=O) groups excluding carboxylic acids is 1. The highest BCUT2D eigenvalue weighted by molar-refractivity contribution is 6.30. The summed E-state index contributed by atoms with van der Waals surface area (Å²) in [6.45, 7) is 9.71. The maximum Gasteiger partial charge on any atom is 0.274 e. The summed E-state index contributed by atoms with van der Waals surface area (Å²) in [4.78, 5) is 37.4. The summed E-state index contributed by atoms with van der Waals surface area (Å²) in [5.41, 5.74) is 3.30. The minimum atomic E-state index is -0.0411. The lowest BCUT2D eigenvalue weighted by atomic mass is 10.00. The van der Waals surface area contributed by atoms with Crippen molar-refractivity contribution in [1.82, 2.24) is 29.7 Å². The Morgan fingerprint density at radius 2 is 1.73 bits per heavy atom. The first-order valence-electron chi connectivity index (χ1n) is 15.1. The second-order valence-corrected chi connectivity index (χ2v) is 11.7. The van der Waals surface area contributed by atoms with Crippen LogP contribution in [0.1, 0.15) is 46.5 Å². The standard InChI is InChI=1S/C33H37ClN8O2/c1-23-20-37-31(22-35-23)33(43)42-16-14-40(15-17-42)11-5-12-41-13-10-30(29-21-36-24(2)38-32(29)41)39-26-7-4-9-28(19-26)44-27-8-3-6-25(34)18-27/h3-4,6-9,18-22,30,39H,5,10-17H2,1-2H3. The van der Waals surface area contributed by atoms with E-state index in [1.807, 2.05) is 67.4 Å². The minimum Gasteiger partial charge on any atom is -0.457 e. The molecule has 228 valence electrons. The molecule has 1 unspecified atom stereocenters. The zero-order chi connectivity index (χ0) is 30.5. The Labute approximate surface area is 263 Å². The maximum absolute atomic E-state index is 12.8. The van der Waals surface area contributed by atoms with E-state index in [2.05, 4.69) is 30.1 Å². The normalized spacial score (nSPS) is 16.8. The van der Waals surface area contributed by atoms with Crippen molar-refractivity contribution in [1.29, 1.82) is 0 Å². The quantitative estimate of drug-likeness (QED) is 0.261. The zero-order valence-electron chi connectivity index (χ0n) is 25.1. The van der Waals surface area contributed by atoms with Crippen LogP contribution in [0.4, 0.5) is 11.5 Å². The molecule has 2 aromatic carbocycles. The number of anilines is 2. The monoisotopic (exact) mass is 612 g/mol. The van der Waals surface area contributed by atoms with E-state index in [1.54, 1.807) is 18.5 Å². The third-order valence-corrected chi connectivity index (χ3v) is 8.28. The Morgan fingerprint density at radius 3 is 2.50 bits per heavy atom. The molecule has 4 heterocycles. The third kappa shape index (κ3) is 7.26. The second kappa shape index (κ2) is 13.6. The van der Waals surface area contributed by atoms with Gasteiger partial charge in [-0.15, -0.1) is 0 Å². The van der Waals surface area contributed by atoms with Crippen LogP contribution in [0.15, 0.2) is 67.1 Å². The fourth-order valence-electron chi connectivity index (χ4n) is 5.72. The maximum atomic E-state index is 12.8. The van der Waals surface area contributed by atoms with E-state index in [9.17, 15) is 4.79 Å². The van der Waals surface area contributed by atoms with E-state index in [0.717, 1.165) is 79.9 Å². The smallest absolute Gasteiger partial charge is 0.274 e. The van der Waals surface area contributed by atoms with E-state index >= 15 is 0 Å². The van der Waals surface area contributed by atoms with Crippen LogP contribution in [0, 0.1) is 13.8 Å². The Hall–Kier alpha value is -4.28. The molecular formula is C33H37ClN8O2. The molecule has 6 rings (SSSR count). The molecule has 0 saturated carbocycles. The van der Waals surface area contributed by atoms with Gasteiger partial charge in [0.15, 0.2) is 0 Å². The van der Waals surface area contributed by atoms with Crippen molar-refractivity contribution in [3.8, 4) is 11.5 Å². The summed E-state index contributed by atoms with van der Waals surface area (Å²) in [5.74, 6) is 3.17. The highest BCUT2D eigenvalue weighted by Gasteiger charge is 2.28. The summed E-state index contributed by atoms with van der Waals surface area (Å²) in [6, 6.07) is 15.5. The first kappa shape index (κ1) is 29.8. The van der Waals surface area contributed by atoms with Crippen LogP contribution in [0.25, 0.3) is 0 Å². The number of carbonyl (C=O) groups is 1. The van der Waals surface area contributed by atoms with Gasteiger partial charge >= 0.3 is 0 Å². The number of fused-ring (bicyclic) bond motifs is 1. The van der Waals surface area contributed by atoms with Gasteiger partial charge in [-0.05, 0) is 63.6 Å². The highest BCUT2D eigenvalue weighted by atomic mass is 35.5. The number of nitrogens with one attached hydrogen (secondary N) is 1. The van der Waals surface area contributed by atoms with Crippen LogP contribution in [0.3, 0.4) is 0 Å². The topological polar surface area (TPSA) is 99.6 Å². The van der Waals surface area contributed by atoms with E-state index in [1.165, 1.54) is 0 Å². The van der Waals surface area contributed by atoms with Crippen molar-refractivity contribution in [2.75, 3.05) is 56.0 Å². The molecule has 1 fully saturated rings. The summed E-state index contributed by atoms with van der Waals surface area (Å²) >= 11 is 6.12. The molecule has 1 N–H and O–H groups in total. The molecule has 1 atom stereocenters. The molecule has 1 amide bonds. The van der Waals surface area contributed by atoms with Gasteiger partial charge in [0.1, 0.15) is 28.8 Å². The molecule has 11 heteroatoms. The number of aryl methyl sites for hydroxylation is 2. The molecule has 1 saturated heterocycles. The number of ether oxygens (including phenoxy) is 1. The largest absolute Gasteiger partial charge is 0.457 e. The summed E-state index contributed by atoms with van der Waals surface area (Å²) < 4.78 is 6.04. The van der Waals surface area contributed by atoms with E-state index in [0.29, 0.717) is 29.6 Å². The van der Waals surface area contributed by atoms with Gasteiger partial charge < -0.3 is 19.9 Å². The van der Waals surface area contributed by atoms with E-state index in [4.69, 9.17) is 21.3 Å². The predicted molar refractivity (Wildman–Crippen MR) is 172 cm³/mol. The first-order chi connectivity index (χ1) is 21.4. The lowest BCUT2D eigenvalue weighted by molar-refractivity contribution is 0.0630. The van der Waals surface area contributed by atoms with Crippen LogP contribution in [-0.2, 0) is 0 Å². The number of benzene rings is 2. The van der Waals surface area contributed by atoms with Crippen LogP contribution in [0.5, 0.6) is 11.5 Å². The van der Waals surface area contributed by atoms with Crippen molar-refractivity contribution in [2.45, 2.75) is 32.7 Å². The van der Waals surface area contributed by atoms with Crippen molar-refractivity contribution in [3.05, 3.63) is 94.9 Å². The molecular weight excluding hydrogens is 576 g/mol. The lowest BCUT2D eigenvalue weighted by Gasteiger charge is -2.37. The average molecular weight is 613 g/mol. The van der Waals surface area contributed by atoms with Gasteiger partial charge in [0.05, 0.1) is 17.9 Å². The lowest BCUT2D eigenvalue weighted by Crippen LogP contribution is -2.49. The van der Waals surface area contributed by atoms with Gasteiger partial charge in [0.2, 0.25) is 0 Å². The van der Waals surface area contributed by atoms with Gasteiger partial charge in [0, 0.05) is 74.0 Å². The average Bonchev–Trinajstić information content (AvgIpc) is 3.02. The van der Waals surface area contributed by atoms with Crippen molar-refractivity contribution >= 4 is 29.0 Å². The molecule has 0 spiro atoms.